The Morgan fingerprint density at radius 1 is 1.14 bits per heavy atom. The molecule has 5 heteroatoms. The van der Waals surface area contributed by atoms with Gasteiger partial charge in [0.25, 0.3) is 0 Å². The van der Waals surface area contributed by atoms with Gasteiger partial charge < -0.3 is 9.14 Å². The lowest BCUT2D eigenvalue weighted by Crippen LogP contribution is -2.51. The number of ether oxygens (including phenoxy) is 1. The van der Waals surface area contributed by atoms with Crippen molar-refractivity contribution in [3.63, 3.8) is 0 Å². The summed E-state index contributed by atoms with van der Waals surface area (Å²) in [6.45, 7) is 0.323. The second-order valence-electron chi connectivity index (χ2n) is 7.61. The topological polar surface area (TPSA) is 46.8 Å². The van der Waals surface area contributed by atoms with Crippen molar-refractivity contribution >= 4 is 17.3 Å². The number of nitrogens with zero attached hydrogens (tertiary/aromatic N) is 3. The molecular formula is C23H23N3O2. The fourth-order valence-electron chi connectivity index (χ4n) is 4.43. The molecule has 0 N–H and O–H groups in total. The number of aromatic nitrogens is 2. The molecule has 3 aromatic rings. The average Bonchev–Trinajstić information content (AvgIpc) is 3.19. The highest BCUT2D eigenvalue weighted by Gasteiger charge is 2.38. The number of hydrogen-bond donors (Lipinski definition) is 0. The normalized spacial score (nSPS) is 21.4. The summed E-state index contributed by atoms with van der Waals surface area (Å²) in [5.41, 5.74) is 4.49. The molecular weight excluding hydrogens is 350 g/mol. The first-order valence-electron chi connectivity index (χ1n) is 9.91. The number of piperidine rings is 1. The summed E-state index contributed by atoms with van der Waals surface area (Å²) in [7, 11) is 0. The minimum absolute atomic E-state index is 0.115. The largest absolute Gasteiger partial charge is 0.445 e. The molecule has 2 aliphatic rings. The number of fused-ring (bicyclic) bond motifs is 3. The van der Waals surface area contributed by atoms with E-state index in [2.05, 4.69) is 23.3 Å². The van der Waals surface area contributed by atoms with Crippen LogP contribution in [0.1, 0.15) is 36.8 Å². The van der Waals surface area contributed by atoms with E-state index in [4.69, 9.17) is 4.74 Å². The Kier molecular flexibility index (Phi) is 4.35. The summed E-state index contributed by atoms with van der Waals surface area (Å²) in [4.78, 5) is 19.1. The van der Waals surface area contributed by atoms with E-state index in [-0.39, 0.29) is 18.2 Å². The Labute approximate surface area is 164 Å². The van der Waals surface area contributed by atoms with Crippen molar-refractivity contribution in [3.8, 4) is 0 Å². The van der Waals surface area contributed by atoms with Gasteiger partial charge in [-0.2, -0.15) is 0 Å². The Bertz CT molecular complexity index is 1020. The molecule has 4 heterocycles. The Hall–Kier alpha value is -3.08. The standard InChI is InChI=1S/C23H23N3O2/c27-23(28-16-17-5-2-1-3-6-17)26-20-7-4-8-21(26)14-19(13-20)18-9-10-22-24-11-12-25(22)15-18/h1-3,5-6,9-13,15,20-21H,4,7-8,14,16H2. The first kappa shape index (κ1) is 17.0. The van der Waals surface area contributed by atoms with Gasteiger partial charge in [0, 0.05) is 24.6 Å². The summed E-state index contributed by atoms with van der Waals surface area (Å²) in [5, 5.41) is 0. The van der Waals surface area contributed by atoms with Gasteiger partial charge in [-0.1, -0.05) is 36.4 Å². The fraction of sp³-hybridized carbons (Fsp3) is 0.304. The van der Waals surface area contributed by atoms with Gasteiger partial charge in [-0.05, 0) is 54.5 Å². The maximum atomic E-state index is 12.8. The number of imidazole rings is 1. The zero-order valence-corrected chi connectivity index (χ0v) is 15.7. The minimum atomic E-state index is -0.195. The van der Waals surface area contributed by atoms with Crippen molar-refractivity contribution in [1.82, 2.24) is 14.3 Å². The zero-order valence-electron chi connectivity index (χ0n) is 15.7. The molecule has 2 aromatic heterocycles. The van der Waals surface area contributed by atoms with Crippen molar-refractivity contribution in [2.75, 3.05) is 0 Å². The van der Waals surface area contributed by atoms with Crippen LogP contribution in [-0.4, -0.2) is 32.5 Å². The molecule has 1 saturated heterocycles. The van der Waals surface area contributed by atoms with Crippen LogP contribution >= 0.6 is 0 Å². The second-order valence-corrected chi connectivity index (χ2v) is 7.61. The van der Waals surface area contributed by atoms with Crippen LogP contribution in [0.4, 0.5) is 4.79 Å². The maximum Gasteiger partial charge on any atom is 0.410 e. The number of pyridine rings is 1. The van der Waals surface area contributed by atoms with Crippen molar-refractivity contribution in [2.24, 2.45) is 0 Å². The van der Waals surface area contributed by atoms with Gasteiger partial charge >= 0.3 is 6.09 Å². The van der Waals surface area contributed by atoms with E-state index in [0.29, 0.717) is 6.61 Å². The molecule has 28 heavy (non-hydrogen) atoms. The van der Waals surface area contributed by atoms with E-state index in [0.717, 1.165) is 36.9 Å². The molecule has 2 atom stereocenters. The smallest absolute Gasteiger partial charge is 0.410 e. The van der Waals surface area contributed by atoms with Crippen LogP contribution in [0.25, 0.3) is 11.2 Å². The summed E-state index contributed by atoms with van der Waals surface area (Å²) in [6, 6.07) is 14.4. The van der Waals surface area contributed by atoms with Crippen molar-refractivity contribution in [2.45, 2.75) is 44.4 Å². The number of rotatable bonds is 3. The summed E-state index contributed by atoms with van der Waals surface area (Å²) < 4.78 is 7.69. The molecule has 0 aliphatic carbocycles. The highest BCUT2D eigenvalue weighted by atomic mass is 16.6. The monoisotopic (exact) mass is 373 g/mol. The number of carbonyl (C=O) groups is 1. The lowest BCUT2D eigenvalue weighted by atomic mass is 9.83. The third kappa shape index (κ3) is 3.17. The summed E-state index contributed by atoms with van der Waals surface area (Å²) >= 11 is 0. The molecule has 5 nitrogen and oxygen atoms in total. The van der Waals surface area contributed by atoms with Crippen LogP contribution in [0, 0.1) is 0 Å². The molecule has 0 radical (unpaired) electrons. The Morgan fingerprint density at radius 3 is 2.89 bits per heavy atom. The van der Waals surface area contributed by atoms with E-state index < -0.39 is 0 Å². The first-order chi connectivity index (χ1) is 13.8. The molecule has 1 aromatic carbocycles. The first-order valence-corrected chi connectivity index (χ1v) is 9.91. The van der Waals surface area contributed by atoms with Crippen molar-refractivity contribution < 1.29 is 9.53 Å². The Balaban J connectivity index is 1.36. The highest BCUT2D eigenvalue weighted by Crippen LogP contribution is 2.37. The molecule has 0 spiro atoms. The summed E-state index contributed by atoms with van der Waals surface area (Å²) in [5.74, 6) is 0. The van der Waals surface area contributed by atoms with Crippen LogP contribution in [0.15, 0.2) is 67.1 Å². The maximum absolute atomic E-state index is 12.8. The van der Waals surface area contributed by atoms with Crippen molar-refractivity contribution in [1.29, 1.82) is 0 Å². The average molecular weight is 373 g/mol. The summed E-state index contributed by atoms with van der Waals surface area (Å²) in [6.07, 6.45) is 12.0. The quantitative estimate of drug-likeness (QED) is 0.670. The third-order valence-corrected chi connectivity index (χ3v) is 5.81. The Morgan fingerprint density at radius 2 is 2.04 bits per heavy atom. The third-order valence-electron chi connectivity index (χ3n) is 5.81. The number of hydrogen-bond acceptors (Lipinski definition) is 3. The molecule has 2 aliphatic heterocycles. The lowest BCUT2D eigenvalue weighted by Gasteiger charge is -2.44. The van der Waals surface area contributed by atoms with Crippen LogP contribution in [-0.2, 0) is 11.3 Å². The van der Waals surface area contributed by atoms with E-state index in [1.54, 1.807) is 0 Å². The highest BCUT2D eigenvalue weighted by molar-refractivity contribution is 5.74. The SMILES string of the molecule is O=C(OCc1ccccc1)N1C2C=C(c3ccc4nccn4c3)CC1CCC2. The van der Waals surface area contributed by atoms with Gasteiger partial charge in [-0.3, -0.25) is 4.90 Å². The van der Waals surface area contributed by atoms with Gasteiger partial charge in [-0.25, -0.2) is 9.78 Å². The zero-order chi connectivity index (χ0) is 18.9. The van der Waals surface area contributed by atoms with Gasteiger partial charge in [-0.15, -0.1) is 0 Å². The predicted molar refractivity (Wildman–Crippen MR) is 108 cm³/mol. The number of amides is 1. The minimum Gasteiger partial charge on any atom is -0.445 e. The second kappa shape index (κ2) is 7.15. The van der Waals surface area contributed by atoms with Gasteiger partial charge in [0.1, 0.15) is 12.3 Å². The van der Waals surface area contributed by atoms with Gasteiger partial charge in [0.2, 0.25) is 0 Å². The molecule has 1 amide bonds. The van der Waals surface area contributed by atoms with Crippen LogP contribution in [0.3, 0.4) is 0 Å². The molecule has 142 valence electrons. The molecule has 5 rings (SSSR count). The van der Waals surface area contributed by atoms with E-state index >= 15 is 0 Å². The van der Waals surface area contributed by atoms with Crippen molar-refractivity contribution in [3.05, 3.63) is 78.3 Å². The predicted octanol–water partition coefficient (Wildman–Crippen LogP) is 4.68. The van der Waals surface area contributed by atoms with Crippen LogP contribution in [0.5, 0.6) is 0 Å². The van der Waals surface area contributed by atoms with E-state index in [1.165, 1.54) is 11.1 Å². The van der Waals surface area contributed by atoms with E-state index in [9.17, 15) is 4.79 Å². The molecule has 2 bridgehead atoms. The number of carbonyl (C=O) groups excluding carboxylic acids is 1. The lowest BCUT2D eigenvalue weighted by molar-refractivity contribution is 0.0510. The molecule has 1 fully saturated rings. The molecule has 2 unspecified atom stereocenters. The van der Waals surface area contributed by atoms with Crippen LogP contribution < -0.4 is 0 Å². The van der Waals surface area contributed by atoms with Crippen LogP contribution in [0.2, 0.25) is 0 Å². The van der Waals surface area contributed by atoms with Gasteiger partial charge in [0.05, 0.1) is 6.04 Å². The molecule has 0 saturated carbocycles. The number of benzene rings is 1. The fourth-order valence-corrected chi connectivity index (χ4v) is 4.43. The van der Waals surface area contributed by atoms with E-state index in [1.807, 2.05) is 58.1 Å². The van der Waals surface area contributed by atoms with Gasteiger partial charge in [0.15, 0.2) is 0 Å².